The zero-order valence-corrected chi connectivity index (χ0v) is 19.0. The molecule has 5 nitrogen and oxygen atoms in total. The molecule has 1 aliphatic carbocycles. The van der Waals surface area contributed by atoms with E-state index in [4.69, 9.17) is 9.47 Å². The summed E-state index contributed by atoms with van der Waals surface area (Å²) in [5, 5.41) is 9.72. The number of rotatable bonds is 6. The van der Waals surface area contributed by atoms with Crippen molar-refractivity contribution in [3.8, 4) is 29.0 Å². The molecule has 1 fully saturated rings. The molecule has 158 valence electrons. The van der Waals surface area contributed by atoms with E-state index < -0.39 is 0 Å². The average Bonchev–Trinajstić information content (AvgIpc) is 3.48. The summed E-state index contributed by atoms with van der Waals surface area (Å²) >= 11 is 1.56. The van der Waals surface area contributed by atoms with Gasteiger partial charge in [-0.05, 0) is 49.3 Å². The van der Waals surface area contributed by atoms with Crippen molar-refractivity contribution in [2.75, 3.05) is 20.0 Å². The molecule has 0 unspecified atom stereocenters. The highest BCUT2D eigenvalue weighted by Crippen LogP contribution is 2.36. The first-order chi connectivity index (χ1) is 14.7. The number of fused-ring (bicyclic) bond motifs is 1. The Morgan fingerprint density at radius 2 is 2.00 bits per heavy atom. The number of nitriles is 1. The van der Waals surface area contributed by atoms with Crippen LogP contribution in [0.1, 0.15) is 45.1 Å². The predicted octanol–water partition coefficient (Wildman–Crippen LogP) is 6.20. The van der Waals surface area contributed by atoms with Crippen LogP contribution in [0.4, 0.5) is 0 Å². The van der Waals surface area contributed by atoms with Crippen LogP contribution in [-0.4, -0.2) is 29.4 Å². The van der Waals surface area contributed by atoms with Gasteiger partial charge in [-0.2, -0.15) is 5.26 Å². The molecule has 1 aromatic carbocycles. The van der Waals surface area contributed by atoms with E-state index in [-0.39, 0.29) is 0 Å². The van der Waals surface area contributed by atoms with Gasteiger partial charge in [0.1, 0.15) is 23.0 Å². The first-order valence-corrected chi connectivity index (χ1v) is 11.7. The summed E-state index contributed by atoms with van der Waals surface area (Å²) in [7, 11) is 1.65. The van der Waals surface area contributed by atoms with Crippen molar-refractivity contribution in [1.82, 2.24) is 9.38 Å². The third-order valence-electron chi connectivity index (χ3n) is 5.35. The Labute approximate surface area is 183 Å². The van der Waals surface area contributed by atoms with Crippen LogP contribution < -0.4 is 9.47 Å². The minimum Gasteiger partial charge on any atom is -0.492 e. The van der Waals surface area contributed by atoms with E-state index in [0.29, 0.717) is 29.7 Å². The second-order valence-corrected chi connectivity index (χ2v) is 7.88. The van der Waals surface area contributed by atoms with Gasteiger partial charge in [0.2, 0.25) is 0 Å². The Morgan fingerprint density at radius 1 is 1.23 bits per heavy atom. The fourth-order valence-corrected chi connectivity index (χ4v) is 4.47. The van der Waals surface area contributed by atoms with E-state index >= 15 is 0 Å². The maximum absolute atomic E-state index is 9.72. The second-order valence-electron chi connectivity index (χ2n) is 7.03. The van der Waals surface area contributed by atoms with Crippen LogP contribution in [-0.2, 0) is 0 Å². The molecule has 1 saturated carbocycles. The molecule has 0 spiro atoms. The van der Waals surface area contributed by atoms with Gasteiger partial charge >= 0.3 is 0 Å². The first-order valence-electron chi connectivity index (χ1n) is 10.5. The fourth-order valence-electron chi connectivity index (χ4n) is 3.88. The van der Waals surface area contributed by atoms with Crippen LogP contribution in [0, 0.1) is 17.2 Å². The van der Waals surface area contributed by atoms with Crippen LogP contribution in [0.5, 0.6) is 11.6 Å². The Hall–Kier alpha value is -2.65. The van der Waals surface area contributed by atoms with Crippen molar-refractivity contribution in [3.63, 3.8) is 0 Å². The minimum atomic E-state index is 0.587. The Morgan fingerprint density at radius 3 is 2.67 bits per heavy atom. The third kappa shape index (κ3) is 4.41. The number of imidazole rings is 1. The maximum Gasteiger partial charge on any atom is 0.199 e. The number of hydrogen-bond donors (Lipinski definition) is 0. The smallest absolute Gasteiger partial charge is 0.199 e. The summed E-state index contributed by atoms with van der Waals surface area (Å²) < 4.78 is 13.7. The summed E-state index contributed by atoms with van der Waals surface area (Å²) in [6.45, 7) is 4.67. The van der Waals surface area contributed by atoms with Gasteiger partial charge < -0.3 is 9.47 Å². The van der Waals surface area contributed by atoms with E-state index in [2.05, 4.69) is 11.1 Å². The molecule has 0 radical (unpaired) electrons. The Bertz CT molecular complexity index is 1030. The number of methoxy groups -OCH3 is 1. The first kappa shape index (κ1) is 22.0. The lowest BCUT2D eigenvalue weighted by molar-refractivity contribution is 0.251. The molecule has 0 amide bonds. The number of nitrogens with zero attached hydrogens (tertiary/aromatic N) is 3. The number of aromatic nitrogens is 2. The lowest BCUT2D eigenvalue weighted by Crippen LogP contribution is -2.09. The summed E-state index contributed by atoms with van der Waals surface area (Å²) in [5.41, 5.74) is 3.30. The van der Waals surface area contributed by atoms with Gasteiger partial charge in [0.25, 0.3) is 0 Å². The topological polar surface area (TPSA) is 59.5 Å². The SMILES string of the molecule is CC.COc1cccc2ncc(-c3cc(OCC4CCCC4)c(C#N)c(SC)c3)n12. The Balaban J connectivity index is 0.00000124. The molecule has 0 aliphatic heterocycles. The zero-order valence-electron chi connectivity index (χ0n) is 18.1. The van der Waals surface area contributed by atoms with Crippen molar-refractivity contribution in [1.29, 1.82) is 5.26 Å². The van der Waals surface area contributed by atoms with E-state index in [0.717, 1.165) is 21.8 Å². The van der Waals surface area contributed by atoms with E-state index in [1.807, 2.05) is 61.0 Å². The molecule has 1 aliphatic rings. The molecule has 6 heteroatoms. The molecule has 2 heterocycles. The number of hydrogen-bond acceptors (Lipinski definition) is 5. The average molecular weight is 424 g/mol. The van der Waals surface area contributed by atoms with Gasteiger partial charge in [-0.15, -0.1) is 11.8 Å². The van der Waals surface area contributed by atoms with Crippen LogP contribution in [0.25, 0.3) is 16.9 Å². The molecule has 4 rings (SSSR count). The quantitative estimate of drug-likeness (QED) is 0.442. The number of thioether (sulfide) groups is 1. The summed E-state index contributed by atoms with van der Waals surface area (Å²) in [5.74, 6) is 1.96. The summed E-state index contributed by atoms with van der Waals surface area (Å²) in [4.78, 5) is 5.42. The van der Waals surface area contributed by atoms with Crippen LogP contribution in [0.15, 0.2) is 41.4 Å². The predicted molar refractivity (Wildman–Crippen MR) is 122 cm³/mol. The van der Waals surface area contributed by atoms with Gasteiger partial charge in [-0.25, -0.2) is 4.98 Å². The molecule has 0 atom stereocenters. The number of ether oxygens (including phenoxy) is 2. The maximum atomic E-state index is 9.72. The molecule has 0 N–H and O–H groups in total. The third-order valence-corrected chi connectivity index (χ3v) is 6.11. The van der Waals surface area contributed by atoms with Crippen LogP contribution in [0.3, 0.4) is 0 Å². The largest absolute Gasteiger partial charge is 0.492 e. The van der Waals surface area contributed by atoms with Gasteiger partial charge in [-0.3, -0.25) is 4.40 Å². The fraction of sp³-hybridized carbons (Fsp3) is 0.417. The Kier molecular flexibility index (Phi) is 7.64. The van der Waals surface area contributed by atoms with Gasteiger partial charge in [0, 0.05) is 10.5 Å². The van der Waals surface area contributed by atoms with Crippen molar-refractivity contribution < 1.29 is 9.47 Å². The molecule has 0 bridgehead atoms. The molecular weight excluding hydrogens is 394 g/mol. The number of pyridine rings is 1. The van der Waals surface area contributed by atoms with Gasteiger partial charge in [0.15, 0.2) is 5.88 Å². The lowest BCUT2D eigenvalue weighted by Gasteiger charge is -2.16. The monoisotopic (exact) mass is 423 g/mol. The van der Waals surface area contributed by atoms with Crippen molar-refractivity contribution in [2.45, 2.75) is 44.4 Å². The highest BCUT2D eigenvalue weighted by molar-refractivity contribution is 7.98. The highest BCUT2D eigenvalue weighted by atomic mass is 32.2. The molecule has 0 saturated heterocycles. The summed E-state index contributed by atoms with van der Waals surface area (Å²) in [6, 6.07) is 12.1. The normalized spacial score (nSPS) is 13.6. The van der Waals surface area contributed by atoms with E-state index in [9.17, 15) is 5.26 Å². The van der Waals surface area contributed by atoms with Gasteiger partial charge in [-0.1, -0.05) is 32.8 Å². The standard InChI is InChI=1S/C22H23N3O2S.C2H6/c1-26-22-9-5-8-21-24-13-18(25(21)22)16-10-19(17(12-23)20(11-16)28-2)27-14-15-6-3-4-7-15;1-2/h5,8-11,13,15H,3-4,6-7,14H2,1-2H3;1-2H3. The van der Waals surface area contributed by atoms with Gasteiger partial charge in [0.05, 0.1) is 25.6 Å². The lowest BCUT2D eigenvalue weighted by atomic mass is 10.1. The van der Waals surface area contributed by atoms with E-state index in [1.54, 1.807) is 18.9 Å². The highest BCUT2D eigenvalue weighted by Gasteiger charge is 2.19. The molecule has 2 aromatic heterocycles. The van der Waals surface area contributed by atoms with Crippen LogP contribution in [0.2, 0.25) is 0 Å². The number of benzene rings is 1. The minimum absolute atomic E-state index is 0.587. The van der Waals surface area contributed by atoms with Crippen molar-refractivity contribution >= 4 is 17.4 Å². The van der Waals surface area contributed by atoms with Crippen molar-refractivity contribution in [2.24, 2.45) is 5.92 Å². The summed E-state index contributed by atoms with van der Waals surface area (Å²) in [6.07, 6.45) is 8.79. The molecular formula is C24H29N3O2S. The van der Waals surface area contributed by atoms with Crippen LogP contribution >= 0.6 is 11.8 Å². The molecule has 3 aromatic rings. The second kappa shape index (κ2) is 10.4. The molecule has 30 heavy (non-hydrogen) atoms. The zero-order chi connectivity index (χ0) is 21.5. The van der Waals surface area contributed by atoms with Crippen molar-refractivity contribution in [3.05, 3.63) is 42.1 Å². The van der Waals surface area contributed by atoms with E-state index in [1.165, 1.54) is 25.7 Å².